The van der Waals surface area contributed by atoms with Crippen LogP contribution in [0, 0.1) is 0 Å². The largest absolute Gasteiger partial charge is 0.343 e. The van der Waals surface area contributed by atoms with E-state index in [1.165, 1.54) is 0 Å². The van der Waals surface area contributed by atoms with Crippen molar-refractivity contribution in [1.29, 1.82) is 0 Å². The third-order valence-corrected chi connectivity index (χ3v) is 30.7. The molecule has 1 aliphatic rings. The van der Waals surface area contributed by atoms with E-state index in [1.807, 2.05) is 0 Å². The summed E-state index contributed by atoms with van der Waals surface area (Å²) in [5, 5.41) is 0. The molecule has 0 N–H and O–H groups in total. The van der Waals surface area contributed by atoms with E-state index in [4.69, 9.17) is 36.2 Å². The third kappa shape index (κ3) is 7.08. The Bertz CT molecular complexity index is 640. The topological polar surface area (TPSA) is 86.4 Å². The van der Waals surface area contributed by atoms with Crippen molar-refractivity contribution in [2.75, 3.05) is 51.5 Å². The zero-order valence-corrected chi connectivity index (χ0v) is 24.5. The van der Waals surface area contributed by atoms with Crippen LogP contribution in [0.4, 0.5) is 0 Å². The summed E-state index contributed by atoms with van der Waals surface area (Å²) in [7, 11) is 0.708. The second-order valence-electron chi connectivity index (χ2n) is 4.72. The molecule has 0 spiro atoms. The van der Waals surface area contributed by atoms with Gasteiger partial charge >= 0.3 is 15.3 Å². The van der Waals surface area contributed by atoms with Crippen LogP contribution in [0.3, 0.4) is 0 Å². The molecule has 0 fully saturated rings. The third-order valence-electron chi connectivity index (χ3n) is 3.04. The minimum absolute atomic E-state index is 0.850. The average Bonchev–Trinajstić information content (AvgIpc) is 2.66. The molecular weight excluding hydrogens is 516 g/mol. The van der Waals surface area contributed by atoms with Gasteiger partial charge in [0, 0.05) is 28.4 Å². The molecule has 0 aromatic heterocycles. The summed E-state index contributed by atoms with van der Waals surface area (Å²) < 4.78 is 44.0. The van der Waals surface area contributed by atoms with Crippen LogP contribution in [0.2, 0.25) is 0 Å². The van der Waals surface area contributed by atoms with Crippen molar-refractivity contribution < 1.29 is 18.1 Å². The van der Waals surface area contributed by atoms with E-state index >= 15 is 0 Å². The molecule has 0 radical (unpaired) electrons. The van der Waals surface area contributed by atoms with Gasteiger partial charge in [-0.3, -0.25) is 0 Å². The van der Waals surface area contributed by atoms with Gasteiger partial charge in [-0.25, -0.2) is 0 Å². The lowest BCUT2D eigenvalue weighted by Crippen LogP contribution is -1.92. The number of nitrogens with zero attached hydrogens (tertiary/aromatic N) is 4. The van der Waals surface area contributed by atoms with Crippen LogP contribution in [-0.4, -0.2) is 51.5 Å². The second-order valence-corrected chi connectivity index (χ2v) is 26.9. The molecule has 16 heteroatoms. The Morgan fingerprint density at radius 1 is 0.500 bits per heavy atom. The van der Waals surface area contributed by atoms with Crippen molar-refractivity contribution >= 4 is 72.1 Å². The highest BCUT2D eigenvalue weighted by atomic mass is 33.1. The zero-order valence-electron chi connectivity index (χ0n) is 17.7. The van der Waals surface area contributed by atoms with Gasteiger partial charge < -0.3 is 18.1 Å². The fourth-order valence-corrected chi connectivity index (χ4v) is 34.2. The zero-order chi connectivity index (χ0) is 21.3. The van der Waals surface area contributed by atoms with Crippen LogP contribution in [0.15, 0.2) is 18.1 Å². The van der Waals surface area contributed by atoms with Crippen LogP contribution in [0.5, 0.6) is 0 Å². The van der Waals surface area contributed by atoms with Gasteiger partial charge in [-0.15, -0.1) is 0 Å². The Labute approximate surface area is 186 Å². The van der Waals surface area contributed by atoms with Gasteiger partial charge in [0.25, 0.3) is 0 Å². The molecule has 0 saturated heterocycles. The van der Waals surface area contributed by atoms with E-state index in [1.54, 1.807) is 74.0 Å². The molecule has 1 heterocycles. The SMILES string of the molecule is CCSP1(SCC)=NP(OC)(OC)=NP(SCC)(SCC)=NP(OC)(OC)=N1. The fourth-order valence-electron chi connectivity index (χ4n) is 2.04. The Morgan fingerprint density at radius 2 is 0.750 bits per heavy atom. The van der Waals surface area contributed by atoms with Crippen LogP contribution in [0.25, 0.3) is 0 Å². The molecule has 28 heavy (non-hydrogen) atoms. The Hall–Kier alpha value is 2.16. The molecule has 0 aromatic carbocycles. The van der Waals surface area contributed by atoms with Crippen molar-refractivity contribution in [3.05, 3.63) is 0 Å². The number of hydrogen-bond acceptors (Lipinski definition) is 12. The highest BCUT2D eigenvalue weighted by molar-refractivity contribution is 8.92. The molecule has 0 saturated carbocycles. The Morgan fingerprint density at radius 3 is 0.929 bits per heavy atom. The van der Waals surface area contributed by atoms with E-state index in [0.29, 0.717) is 0 Å². The molecule has 0 atom stereocenters. The summed E-state index contributed by atoms with van der Waals surface area (Å²) in [6.07, 6.45) is 0. The highest BCUT2D eigenvalue weighted by Crippen LogP contribution is 2.90. The average molecular weight is 549 g/mol. The van der Waals surface area contributed by atoms with Crippen LogP contribution >= 0.6 is 72.1 Å². The molecule has 1 aliphatic heterocycles. The predicted octanol–water partition coefficient (Wildman–Crippen LogP) is 9.38. The normalized spacial score (nSPS) is 22.0. The smallest absolute Gasteiger partial charge is 0.310 e. The molecule has 0 unspecified atom stereocenters. The highest BCUT2D eigenvalue weighted by Gasteiger charge is 2.39. The summed E-state index contributed by atoms with van der Waals surface area (Å²) in [6.45, 7) is 8.38. The quantitative estimate of drug-likeness (QED) is 0.223. The summed E-state index contributed by atoms with van der Waals surface area (Å²) in [6, 6.07) is 0. The summed E-state index contributed by atoms with van der Waals surface area (Å²) >= 11 is 6.78. The van der Waals surface area contributed by atoms with Gasteiger partial charge in [0.1, 0.15) is 0 Å². The minimum atomic E-state index is -2.88. The molecule has 0 amide bonds. The van der Waals surface area contributed by atoms with E-state index in [-0.39, 0.29) is 0 Å². The van der Waals surface area contributed by atoms with Gasteiger partial charge in [-0.2, -0.15) is 18.1 Å². The maximum Gasteiger partial charge on any atom is 0.343 e. The number of hydrogen-bond donors (Lipinski definition) is 0. The van der Waals surface area contributed by atoms with Gasteiger partial charge in [-0.05, 0) is 23.0 Å². The first-order chi connectivity index (χ1) is 13.3. The molecule has 8 nitrogen and oxygen atoms in total. The molecule has 0 aromatic rings. The van der Waals surface area contributed by atoms with Crippen molar-refractivity contribution in [3.8, 4) is 0 Å². The Kier molecular flexibility index (Phi) is 13.1. The van der Waals surface area contributed by atoms with Gasteiger partial charge in [0.15, 0.2) is 11.2 Å². The Balaban J connectivity index is 4.10. The summed E-state index contributed by atoms with van der Waals surface area (Å²) in [5.41, 5.74) is -4.74. The van der Waals surface area contributed by atoms with E-state index in [2.05, 4.69) is 27.7 Å². The molecule has 0 aliphatic carbocycles. The van der Waals surface area contributed by atoms with E-state index in [0.717, 1.165) is 23.0 Å². The lowest BCUT2D eigenvalue weighted by Gasteiger charge is -2.31. The van der Waals surface area contributed by atoms with Crippen molar-refractivity contribution in [1.82, 2.24) is 0 Å². The van der Waals surface area contributed by atoms with Gasteiger partial charge in [0.05, 0.1) is 0 Å². The van der Waals surface area contributed by atoms with E-state index in [9.17, 15) is 0 Å². The summed E-state index contributed by atoms with van der Waals surface area (Å²) in [5.74, 6) is 3.40. The first-order valence-corrected chi connectivity index (χ1v) is 21.5. The standard InChI is InChI=1S/C12H32N4O4P4S4/c1-9-25-23(26-10-2)13-21(17-5,18-6)15-24(27-11-3,28-12-4)16-22(14-23,19-7)20-8/h9-12H2,1-8H3. The van der Waals surface area contributed by atoms with Crippen molar-refractivity contribution in [2.45, 2.75) is 27.7 Å². The lowest BCUT2D eigenvalue weighted by molar-refractivity contribution is 0.329. The van der Waals surface area contributed by atoms with Crippen LogP contribution in [0.1, 0.15) is 27.7 Å². The van der Waals surface area contributed by atoms with Crippen LogP contribution < -0.4 is 0 Å². The number of rotatable bonds is 12. The van der Waals surface area contributed by atoms with Crippen molar-refractivity contribution in [2.24, 2.45) is 18.1 Å². The minimum Gasteiger partial charge on any atom is -0.310 e. The molecule has 168 valence electrons. The first kappa shape index (κ1) is 28.2. The molecular formula is C12H32N4O4P4S4. The van der Waals surface area contributed by atoms with Gasteiger partial charge in [0.2, 0.25) is 0 Å². The fraction of sp³-hybridized carbons (Fsp3) is 1.00. The predicted molar refractivity (Wildman–Crippen MR) is 138 cm³/mol. The van der Waals surface area contributed by atoms with Crippen molar-refractivity contribution in [3.63, 3.8) is 0 Å². The van der Waals surface area contributed by atoms with E-state index < -0.39 is 26.5 Å². The maximum absolute atomic E-state index is 5.86. The van der Waals surface area contributed by atoms with Crippen LogP contribution in [-0.2, 0) is 18.1 Å². The molecule has 0 bridgehead atoms. The maximum atomic E-state index is 5.86. The van der Waals surface area contributed by atoms with Gasteiger partial charge in [-0.1, -0.05) is 73.2 Å². The molecule has 1 rings (SSSR count). The monoisotopic (exact) mass is 548 g/mol. The first-order valence-electron chi connectivity index (χ1n) is 8.68. The lowest BCUT2D eigenvalue weighted by atomic mass is 11.0. The summed E-state index contributed by atoms with van der Waals surface area (Å²) in [4.78, 5) is 0. The second kappa shape index (κ2) is 13.0.